The summed E-state index contributed by atoms with van der Waals surface area (Å²) in [7, 11) is 0. The minimum absolute atomic E-state index is 0.177. The van der Waals surface area contributed by atoms with Gasteiger partial charge in [0.15, 0.2) is 5.78 Å². The second kappa shape index (κ2) is 5.12. The van der Waals surface area contributed by atoms with Crippen LogP contribution in [0.25, 0.3) is 0 Å². The number of rotatable bonds is 3. The van der Waals surface area contributed by atoms with Crippen LogP contribution in [-0.4, -0.2) is 5.78 Å². The van der Waals surface area contributed by atoms with Crippen LogP contribution in [-0.2, 0) is 6.18 Å². The average Bonchev–Trinajstić information content (AvgIpc) is 2.25. The number of carbonyl (C=O) groups excluding carboxylic acids is 1. The number of benzene rings is 1. The lowest BCUT2D eigenvalue weighted by Crippen LogP contribution is -2.09. The minimum Gasteiger partial charge on any atom is -0.289 e. The topological polar surface area (TPSA) is 17.1 Å². The molecule has 0 aromatic heterocycles. The van der Waals surface area contributed by atoms with Crippen LogP contribution in [0.5, 0.6) is 0 Å². The monoisotopic (exact) mass is 246 g/mol. The van der Waals surface area contributed by atoms with Crippen LogP contribution >= 0.6 is 0 Å². The number of hydrogen-bond donors (Lipinski definition) is 0. The summed E-state index contributed by atoms with van der Waals surface area (Å²) in [6.07, 6.45) is -1.50. The highest BCUT2D eigenvalue weighted by atomic mass is 19.4. The quantitative estimate of drug-likeness (QED) is 0.447. The number of hydrogen-bond acceptors (Lipinski definition) is 1. The Morgan fingerprint density at radius 1 is 1.35 bits per heavy atom. The average molecular weight is 246 g/mol. The van der Waals surface area contributed by atoms with Gasteiger partial charge in [0, 0.05) is 5.56 Å². The third-order valence-electron chi connectivity index (χ3n) is 2.06. The molecule has 0 aliphatic rings. The van der Waals surface area contributed by atoms with Crippen molar-refractivity contribution in [2.75, 3.05) is 0 Å². The third kappa shape index (κ3) is 3.41. The lowest BCUT2D eigenvalue weighted by Gasteiger charge is -2.08. The van der Waals surface area contributed by atoms with Crippen LogP contribution in [0.4, 0.5) is 17.6 Å². The molecule has 0 atom stereocenters. The Kier molecular flexibility index (Phi) is 4.04. The summed E-state index contributed by atoms with van der Waals surface area (Å²) in [5, 5.41) is 0. The maximum absolute atomic E-state index is 12.9. The highest BCUT2D eigenvalue weighted by Gasteiger charge is 2.34. The van der Waals surface area contributed by atoms with Gasteiger partial charge < -0.3 is 0 Å². The Labute approximate surface area is 95.8 Å². The molecule has 1 aromatic rings. The van der Waals surface area contributed by atoms with Crippen molar-refractivity contribution in [2.24, 2.45) is 0 Å². The maximum Gasteiger partial charge on any atom is 0.419 e. The molecular formula is C12H10F4O. The Morgan fingerprint density at radius 2 is 2.00 bits per heavy atom. The van der Waals surface area contributed by atoms with Crippen LogP contribution in [0.1, 0.15) is 29.3 Å². The molecule has 0 amide bonds. The molecule has 0 saturated carbocycles. The summed E-state index contributed by atoms with van der Waals surface area (Å²) in [5.41, 5.74) is -1.60. The van der Waals surface area contributed by atoms with Gasteiger partial charge in [-0.15, -0.1) is 0 Å². The van der Waals surface area contributed by atoms with Crippen LogP contribution in [0, 0.1) is 5.82 Å². The number of alkyl halides is 3. The van der Waals surface area contributed by atoms with E-state index in [1.54, 1.807) is 6.92 Å². The van der Waals surface area contributed by atoms with E-state index in [-0.39, 0.29) is 5.56 Å². The van der Waals surface area contributed by atoms with Crippen molar-refractivity contribution in [1.82, 2.24) is 0 Å². The van der Waals surface area contributed by atoms with E-state index in [0.29, 0.717) is 18.6 Å². The molecule has 0 radical (unpaired) electrons. The van der Waals surface area contributed by atoms with Gasteiger partial charge in [-0.25, -0.2) is 4.39 Å². The van der Waals surface area contributed by atoms with E-state index in [1.165, 1.54) is 12.2 Å². The summed E-state index contributed by atoms with van der Waals surface area (Å²) >= 11 is 0. The first-order chi connectivity index (χ1) is 7.86. The Balaban J connectivity index is 3.13. The molecule has 1 aromatic carbocycles. The van der Waals surface area contributed by atoms with Crippen molar-refractivity contribution in [3.8, 4) is 0 Å². The zero-order chi connectivity index (χ0) is 13.1. The fraction of sp³-hybridized carbons (Fsp3) is 0.250. The molecule has 0 heterocycles. The summed E-state index contributed by atoms with van der Waals surface area (Å²) in [6.45, 7) is 1.79. The standard InChI is InChI=1S/C12H10F4O/c1-2-3-4-11(17)8-5-6-10(13)9(7-8)12(14,15)16/h3-7H,2H2,1H3/b4-3+. The molecule has 0 unspecified atom stereocenters. The Bertz CT molecular complexity index is 446. The van der Waals surface area contributed by atoms with E-state index < -0.39 is 23.3 Å². The number of allylic oxidation sites excluding steroid dienone is 2. The number of halogens is 4. The molecule has 0 fully saturated rings. The largest absolute Gasteiger partial charge is 0.419 e. The first kappa shape index (κ1) is 13.4. The lowest BCUT2D eigenvalue weighted by atomic mass is 10.1. The van der Waals surface area contributed by atoms with E-state index in [9.17, 15) is 22.4 Å². The van der Waals surface area contributed by atoms with Gasteiger partial charge in [0.25, 0.3) is 0 Å². The molecular weight excluding hydrogens is 236 g/mol. The van der Waals surface area contributed by atoms with Gasteiger partial charge in [-0.2, -0.15) is 13.2 Å². The van der Waals surface area contributed by atoms with Crippen molar-refractivity contribution >= 4 is 5.78 Å². The summed E-state index contributed by atoms with van der Waals surface area (Å²) < 4.78 is 50.1. The van der Waals surface area contributed by atoms with Gasteiger partial charge in [0.05, 0.1) is 5.56 Å². The molecule has 1 nitrogen and oxygen atoms in total. The fourth-order valence-corrected chi connectivity index (χ4v) is 1.22. The summed E-state index contributed by atoms with van der Waals surface area (Å²) in [5.74, 6) is -1.95. The van der Waals surface area contributed by atoms with Gasteiger partial charge >= 0.3 is 6.18 Å². The van der Waals surface area contributed by atoms with Crippen molar-refractivity contribution in [1.29, 1.82) is 0 Å². The lowest BCUT2D eigenvalue weighted by molar-refractivity contribution is -0.140. The molecule has 17 heavy (non-hydrogen) atoms. The number of ketones is 1. The molecule has 0 aliphatic heterocycles. The van der Waals surface area contributed by atoms with Crippen LogP contribution in [0.3, 0.4) is 0 Å². The Hall–Kier alpha value is -1.65. The van der Waals surface area contributed by atoms with E-state index >= 15 is 0 Å². The van der Waals surface area contributed by atoms with Crippen molar-refractivity contribution in [3.63, 3.8) is 0 Å². The van der Waals surface area contributed by atoms with Gasteiger partial charge in [0.1, 0.15) is 5.82 Å². The second-order valence-corrected chi connectivity index (χ2v) is 3.37. The summed E-state index contributed by atoms with van der Waals surface area (Å²) in [4.78, 5) is 11.4. The SMILES string of the molecule is CC/C=C/C(=O)c1ccc(F)c(C(F)(F)F)c1. The molecule has 0 aliphatic carbocycles. The summed E-state index contributed by atoms with van der Waals surface area (Å²) in [6, 6.07) is 2.21. The molecule has 0 spiro atoms. The normalized spacial score (nSPS) is 12.1. The van der Waals surface area contributed by atoms with Crippen LogP contribution in [0.15, 0.2) is 30.4 Å². The molecule has 0 bridgehead atoms. The first-order valence-electron chi connectivity index (χ1n) is 4.94. The molecule has 0 N–H and O–H groups in total. The molecule has 1 rings (SSSR count). The molecule has 92 valence electrons. The predicted molar refractivity (Wildman–Crippen MR) is 55.2 cm³/mol. The molecule has 5 heteroatoms. The molecule has 0 saturated heterocycles. The van der Waals surface area contributed by atoms with Crippen LogP contribution < -0.4 is 0 Å². The van der Waals surface area contributed by atoms with Gasteiger partial charge in [-0.3, -0.25) is 4.79 Å². The highest BCUT2D eigenvalue weighted by molar-refractivity contribution is 6.04. The van der Waals surface area contributed by atoms with Crippen LogP contribution in [0.2, 0.25) is 0 Å². The second-order valence-electron chi connectivity index (χ2n) is 3.37. The smallest absolute Gasteiger partial charge is 0.289 e. The van der Waals surface area contributed by atoms with Crippen molar-refractivity contribution in [3.05, 3.63) is 47.3 Å². The highest BCUT2D eigenvalue weighted by Crippen LogP contribution is 2.31. The number of carbonyl (C=O) groups is 1. The van der Waals surface area contributed by atoms with E-state index in [2.05, 4.69) is 0 Å². The Morgan fingerprint density at radius 3 is 2.53 bits per heavy atom. The van der Waals surface area contributed by atoms with Gasteiger partial charge in [-0.1, -0.05) is 13.0 Å². The van der Waals surface area contributed by atoms with E-state index in [4.69, 9.17) is 0 Å². The predicted octanol–water partition coefficient (Wildman–Crippen LogP) is 3.99. The fourth-order valence-electron chi connectivity index (χ4n) is 1.22. The minimum atomic E-state index is -4.80. The van der Waals surface area contributed by atoms with Crippen molar-refractivity contribution < 1.29 is 22.4 Å². The van der Waals surface area contributed by atoms with Crippen molar-refractivity contribution in [2.45, 2.75) is 19.5 Å². The van der Waals surface area contributed by atoms with Gasteiger partial charge in [-0.05, 0) is 30.7 Å². The van der Waals surface area contributed by atoms with E-state index in [0.717, 1.165) is 6.07 Å². The van der Waals surface area contributed by atoms with Gasteiger partial charge in [0.2, 0.25) is 0 Å². The van der Waals surface area contributed by atoms with E-state index in [1.807, 2.05) is 0 Å². The third-order valence-corrected chi connectivity index (χ3v) is 2.06. The first-order valence-corrected chi connectivity index (χ1v) is 4.94. The zero-order valence-electron chi connectivity index (χ0n) is 9.01. The maximum atomic E-state index is 12.9. The zero-order valence-corrected chi connectivity index (χ0v) is 9.01.